The molecular weight excluding hydrogens is 309 g/mol. The summed E-state index contributed by atoms with van der Waals surface area (Å²) in [7, 11) is 0. The summed E-state index contributed by atoms with van der Waals surface area (Å²) in [5.41, 5.74) is -4.05. The number of amides is 1. The molecule has 0 saturated heterocycles. The highest BCUT2D eigenvalue weighted by Gasteiger charge is 2.66. The molecule has 1 aliphatic heterocycles. The van der Waals surface area contributed by atoms with Crippen molar-refractivity contribution < 1.29 is 18.0 Å². The number of alkyl halides is 3. The van der Waals surface area contributed by atoms with Gasteiger partial charge >= 0.3 is 6.18 Å². The monoisotopic (exact) mass is 316 g/mol. The number of hydrogen-bond donors (Lipinski definition) is 2. The average Bonchev–Trinajstić information content (AvgIpc) is 2.63. The van der Waals surface area contributed by atoms with Gasteiger partial charge in [0.05, 0.1) is 16.7 Å². The van der Waals surface area contributed by atoms with Gasteiger partial charge in [0.25, 0.3) is 11.4 Å². The van der Waals surface area contributed by atoms with Gasteiger partial charge in [-0.25, -0.2) is 4.98 Å². The predicted octanol–water partition coefficient (Wildman–Crippen LogP) is 2.38. The van der Waals surface area contributed by atoms with Gasteiger partial charge in [-0.2, -0.15) is 18.4 Å². The zero-order chi connectivity index (χ0) is 15.8. The van der Waals surface area contributed by atoms with Gasteiger partial charge < -0.3 is 10.6 Å². The minimum absolute atomic E-state index is 0.152. The number of halogens is 4. The van der Waals surface area contributed by atoms with E-state index in [2.05, 4.69) is 4.98 Å². The fraction of sp³-hybridized carbons (Fsp3) is 0.250. The quantitative estimate of drug-likeness (QED) is 0.878. The number of nitrogens with zero attached hydrogens (tertiary/aromatic N) is 2. The molecule has 2 N–H and O–H groups in total. The van der Waals surface area contributed by atoms with Crippen molar-refractivity contribution >= 4 is 23.3 Å². The van der Waals surface area contributed by atoms with Crippen LogP contribution in [0.3, 0.4) is 0 Å². The van der Waals surface area contributed by atoms with Crippen molar-refractivity contribution in [2.75, 3.05) is 5.32 Å². The van der Waals surface area contributed by atoms with Crippen molar-refractivity contribution in [1.29, 1.82) is 5.26 Å². The van der Waals surface area contributed by atoms with Crippen molar-refractivity contribution in [2.24, 2.45) is 0 Å². The normalized spacial score (nSPS) is 22.0. The highest BCUT2D eigenvalue weighted by molar-refractivity contribution is 6.30. The van der Waals surface area contributed by atoms with Gasteiger partial charge in [0.1, 0.15) is 5.82 Å². The smallest absolute Gasteiger partial charge is 0.344 e. The summed E-state index contributed by atoms with van der Waals surface area (Å²) in [5, 5.41) is 13.3. The lowest BCUT2D eigenvalue weighted by Crippen LogP contribution is -2.59. The molecule has 1 aromatic heterocycles. The van der Waals surface area contributed by atoms with Crippen LogP contribution in [0.25, 0.3) is 0 Å². The van der Waals surface area contributed by atoms with E-state index < -0.39 is 23.2 Å². The van der Waals surface area contributed by atoms with Crippen LogP contribution in [0.2, 0.25) is 5.02 Å². The summed E-state index contributed by atoms with van der Waals surface area (Å²) in [6, 6.07) is 3.94. The van der Waals surface area contributed by atoms with Gasteiger partial charge in [0.15, 0.2) is 0 Å². The molecule has 0 bridgehead atoms. The van der Waals surface area contributed by atoms with Crippen molar-refractivity contribution in [1.82, 2.24) is 10.3 Å². The summed E-state index contributed by atoms with van der Waals surface area (Å²) >= 11 is 5.61. The number of nitrogens with one attached hydrogen (secondary N) is 2. The molecule has 1 amide bonds. The molecule has 9 heteroatoms. The first-order valence-corrected chi connectivity index (χ1v) is 5.99. The summed E-state index contributed by atoms with van der Waals surface area (Å²) in [6.07, 6.45) is -3.90. The fourth-order valence-corrected chi connectivity index (χ4v) is 2.10. The topological polar surface area (TPSA) is 77.8 Å². The summed E-state index contributed by atoms with van der Waals surface area (Å²) in [6.45, 7) is 1.22. The number of carbonyl (C=O) groups is 1. The Morgan fingerprint density at radius 1 is 1.48 bits per heavy atom. The fourth-order valence-electron chi connectivity index (χ4n) is 1.99. The maximum Gasteiger partial charge on any atom is 0.425 e. The van der Waals surface area contributed by atoms with Crippen molar-refractivity contribution in [3.63, 3.8) is 0 Å². The maximum absolute atomic E-state index is 13.5. The summed E-state index contributed by atoms with van der Waals surface area (Å²) in [5.74, 6) is -1.60. The van der Waals surface area contributed by atoms with E-state index in [9.17, 15) is 18.0 Å². The lowest BCUT2D eigenvalue weighted by molar-refractivity contribution is -0.174. The first-order chi connectivity index (χ1) is 9.72. The van der Waals surface area contributed by atoms with E-state index in [1.54, 1.807) is 0 Å². The van der Waals surface area contributed by atoms with Crippen LogP contribution in [0.1, 0.15) is 6.92 Å². The average molecular weight is 317 g/mol. The molecule has 1 aliphatic rings. The largest absolute Gasteiger partial charge is 0.425 e. The third-order valence-electron chi connectivity index (χ3n) is 2.97. The SMILES string of the molecule is CC1=C(C#N)[C@](Nc2ccc(Cl)cn2)(C(F)(F)F)C(=O)N1. The maximum atomic E-state index is 13.5. The second-order valence-electron chi connectivity index (χ2n) is 4.30. The number of allylic oxidation sites excluding steroid dienone is 1. The third-order valence-corrected chi connectivity index (χ3v) is 3.20. The number of anilines is 1. The molecule has 1 aromatic rings. The Hall–Kier alpha value is -2.27. The molecule has 0 aliphatic carbocycles. The summed E-state index contributed by atoms with van der Waals surface area (Å²) < 4.78 is 40.4. The number of carbonyl (C=O) groups excluding carboxylic acids is 1. The highest BCUT2D eigenvalue weighted by atomic mass is 35.5. The van der Waals surface area contributed by atoms with Crippen molar-refractivity contribution in [3.8, 4) is 6.07 Å². The van der Waals surface area contributed by atoms with Crippen LogP contribution < -0.4 is 10.6 Å². The number of nitriles is 1. The van der Waals surface area contributed by atoms with E-state index >= 15 is 0 Å². The molecule has 21 heavy (non-hydrogen) atoms. The molecule has 0 spiro atoms. The Kier molecular flexibility index (Phi) is 3.55. The molecule has 0 radical (unpaired) electrons. The number of hydrogen-bond acceptors (Lipinski definition) is 4. The molecule has 1 atom stereocenters. The Balaban J connectivity index is 2.57. The van der Waals surface area contributed by atoms with E-state index in [1.807, 2.05) is 10.6 Å². The van der Waals surface area contributed by atoms with Gasteiger partial charge in [-0.05, 0) is 19.1 Å². The highest BCUT2D eigenvalue weighted by Crippen LogP contribution is 2.42. The van der Waals surface area contributed by atoms with E-state index in [4.69, 9.17) is 16.9 Å². The number of rotatable bonds is 2. The van der Waals surface area contributed by atoms with Crippen LogP contribution in [0.5, 0.6) is 0 Å². The van der Waals surface area contributed by atoms with Crippen molar-refractivity contribution in [2.45, 2.75) is 18.6 Å². The van der Waals surface area contributed by atoms with Crippen molar-refractivity contribution in [3.05, 3.63) is 34.6 Å². The molecule has 2 rings (SSSR count). The second-order valence-corrected chi connectivity index (χ2v) is 4.74. The molecule has 0 unspecified atom stereocenters. The molecule has 0 aromatic carbocycles. The Bertz CT molecular complexity index is 663. The van der Waals surface area contributed by atoms with E-state index in [0.717, 1.165) is 6.20 Å². The van der Waals surface area contributed by atoms with Gasteiger partial charge in [-0.3, -0.25) is 4.79 Å². The van der Waals surface area contributed by atoms with Crippen LogP contribution in [-0.4, -0.2) is 22.6 Å². The van der Waals surface area contributed by atoms with E-state index in [-0.39, 0.29) is 16.5 Å². The number of aromatic nitrogens is 1. The van der Waals surface area contributed by atoms with Crippen LogP contribution in [0, 0.1) is 11.3 Å². The molecule has 0 saturated carbocycles. The van der Waals surface area contributed by atoms with Gasteiger partial charge in [-0.1, -0.05) is 11.6 Å². The Morgan fingerprint density at radius 2 is 2.14 bits per heavy atom. The van der Waals surface area contributed by atoms with Gasteiger partial charge in [-0.15, -0.1) is 0 Å². The van der Waals surface area contributed by atoms with Crippen LogP contribution >= 0.6 is 11.6 Å². The summed E-state index contributed by atoms with van der Waals surface area (Å²) in [4.78, 5) is 15.5. The zero-order valence-electron chi connectivity index (χ0n) is 10.5. The second kappa shape index (κ2) is 4.93. The van der Waals surface area contributed by atoms with Gasteiger partial charge in [0.2, 0.25) is 0 Å². The first kappa shape index (κ1) is 15.1. The van der Waals surface area contributed by atoms with Crippen LogP contribution in [-0.2, 0) is 4.79 Å². The lowest BCUT2D eigenvalue weighted by atomic mass is 9.90. The molecule has 110 valence electrons. The Morgan fingerprint density at radius 3 is 2.62 bits per heavy atom. The van der Waals surface area contributed by atoms with E-state index in [0.29, 0.717) is 0 Å². The minimum atomic E-state index is -5.03. The van der Waals surface area contributed by atoms with E-state index in [1.165, 1.54) is 25.1 Å². The standard InChI is InChI=1S/C12H8ClF3N4O/c1-6-8(4-17)11(10(21)19-6,12(14,15)16)20-9-3-2-7(13)5-18-9/h2-3,5H,1H3,(H,18,20)(H,19,21)/t11-/m1/s1. The minimum Gasteiger partial charge on any atom is -0.344 e. The first-order valence-electron chi connectivity index (χ1n) is 5.61. The van der Waals surface area contributed by atoms with Gasteiger partial charge in [0, 0.05) is 11.9 Å². The lowest BCUT2D eigenvalue weighted by Gasteiger charge is -2.30. The predicted molar refractivity (Wildman–Crippen MR) is 68.1 cm³/mol. The zero-order valence-corrected chi connectivity index (χ0v) is 11.3. The molecular formula is C12H8ClF3N4O. The molecule has 5 nitrogen and oxygen atoms in total. The molecule has 2 heterocycles. The molecule has 0 fully saturated rings. The van der Waals surface area contributed by atoms with Crippen LogP contribution in [0.4, 0.5) is 19.0 Å². The Labute approximate surface area is 122 Å². The van der Waals surface area contributed by atoms with Crippen LogP contribution in [0.15, 0.2) is 29.6 Å². The third kappa shape index (κ3) is 2.29. The number of pyridine rings is 1.